The van der Waals surface area contributed by atoms with Gasteiger partial charge in [0.1, 0.15) is 5.75 Å². The average Bonchev–Trinajstić information content (AvgIpc) is 2.60. The molecule has 7 heteroatoms. The lowest BCUT2D eigenvalue weighted by molar-refractivity contribution is -0.139. The van der Waals surface area contributed by atoms with E-state index in [0.717, 1.165) is 5.56 Å². The highest BCUT2D eigenvalue weighted by Crippen LogP contribution is 2.20. The molecule has 0 saturated carbocycles. The molecular weight excluding hydrogens is 336 g/mol. The molecule has 0 spiro atoms. The van der Waals surface area contributed by atoms with Crippen LogP contribution in [0.5, 0.6) is 11.5 Å². The fourth-order valence-electron chi connectivity index (χ4n) is 2.26. The number of carbonyl (C=O) groups is 2. The second kappa shape index (κ2) is 8.84. The Hall–Kier alpha value is -3.09. The van der Waals surface area contributed by atoms with Gasteiger partial charge in [0.25, 0.3) is 5.91 Å². The first-order chi connectivity index (χ1) is 12.4. The fourth-order valence-corrected chi connectivity index (χ4v) is 2.26. The Morgan fingerprint density at radius 3 is 2.50 bits per heavy atom. The van der Waals surface area contributed by atoms with E-state index >= 15 is 0 Å². The number of carboxylic acid groups (broad SMARTS) is 1. The SMILES string of the molecule is CC(C)Oc1cccnc1C(=O)N(C)Cc1ccc(OCC(=O)O)cc1. The van der Waals surface area contributed by atoms with Crippen molar-refractivity contribution < 1.29 is 24.2 Å². The second-order valence-corrected chi connectivity index (χ2v) is 6.00. The van der Waals surface area contributed by atoms with Gasteiger partial charge in [-0.15, -0.1) is 0 Å². The van der Waals surface area contributed by atoms with Gasteiger partial charge in [0.2, 0.25) is 0 Å². The van der Waals surface area contributed by atoms with Crippen molar-refractivity contribution in [2.24, 2.45) is 0 Å². The van der Waals surface area contributed by atoms with E-state index in [1.807, 2.05) is 13.8 Å². The molecule has 0 aliphatic rings. The largest absolute Gasteiger partial charge is 0.489 e. The Bertz CT molecular complexity index is 759. The van der Waals surface area contributed by atoms with Crippen LogP contribution in [0.2, 0.25) is 0 Å². The molecule has 0 unspecified atom stereocenters. The van der Waals surface area contributed by atoms with Crippen LogP contribution in [0, 0.1) is 0 Å². The molecule has 0 aliphatic carbocycles. The molecule has 2 rings (SSSR count). The highest BCUT2D eigenvalue weighted by Gasteiger charge is 2.19. The Labute approximate surface area is 152 Å². The minimum Gasteiger partial charge on any atom is -0.489 e. The summed E-state index contributed by atoms with van der Waals surface area (Å²) in [6.45, 7) is 3.75. The second-order valence-electron chi connectivity index (χ2n) is 6.00. The van der Waals surface area contributed by atoms with Crippen molar-refractivity contribution in [2.75, 3.05) is 13.7 Å². The summed E-state index contributed by atoms with van der Waals surface area (Å²) in [5.74, 6) is -0.360. The van der Waals surface area contributed by atoms with Crippen molar-refractivity contribution in [3.05, 3.63) is 53.9 Å². The molecule has 1 heterocycles. The standard InChI is InChI=1S/C19H22N2O5/c1-13(2)26-16-5-4-10-20-18(16)19(24)21(3)11-14-6-8-15(9-7-14)25-12-17(22)23/h4-10,13H,11-12H2,1-3H3,(H,22,23). The number of amides is 1. The van der Waals surface area contributed by atoms with Gasteiger partial charge in [0.15, 0.2) is 18.1 Å². The van der Waals surface area contributed by atoms with Crippen LogP contribution in [-0.4, -0.2) is 46.6 Å². The summed E-state index contributed by atoms with van der Waals surface area (Å²) in [6.07, 6.45) is 1.50. The molecule has 2 aromatic rings. The van der Waals surface area contributed by atoms with Crippen LogP contribution >= 0.6 is 0 Å². The van der Waals surface area contributed by atoms with Gasteiger partial charge >= 0.3 is 5.97 Å². The van der Waals surface area contributed by atoms with Crippen molar-refractivity contribution in [1.82, 2.24) is 9.88 Å². The van der Waals surface area contributed by atoms with Crippen LogP contribution in [0.3, 0.4) is 0 Å². The van der Waals surface area contributed by atoms with Gasteiger partial charge in [0, 0.05) is 19.8 Å². The fraction of sp³-hybridized carbons (Fsp3) is 0.316. The molecule has 1 amide bonds. The van der Waals surface area contributed by atoms with E-state index in [1.54, 1.807) is 54.5 Å². The third-order valence-electron chi connectivity index (χ3n) is 3.39. The molecule has 138 valence electrons. The Balaban J connectivity index is 2.04. The van der Waals surface area contributed by atoms with E-state index in [-0.39, 0.29) is 17.7 Å². The number of carbonyl (C=O) groups excluding carboxylic acids is 1. The highest BCUT2D eigenvalue weighted by molar-refractivity contribution is 5.94. The van der Waals surface area contributed by atoms with Gasteiger partial charge in [-0.1, -0.05) is 12.1 Å². The number of pyridine rings is 1. The minimum absolute atomic E-state index is 0.0607. The van der Waals surface area contributed by atoms with Crippen LogP contribution in [-0.2, 0) is 11.3 Å². The first-order valence-corrected chi connectivity index (χ1v) is 8.17. The molecule has 1 aromatic heterocycles. The van der Waals surface area contributed by atoms with Crippen molar-refractivity contribution >= 4 is 11.9 Å². The molecule has 0 fully saturated rings. The summed E-state index contributed by atoms with van der Waals surface area (Å²) in [5.41, 5.74) is 1.15. The maximum Gasteiger partial charge on any atom is 0.341 e. The Morgan fingerprint density at radius 1 is 1.19 bits per heavy atom. The van der Waals surface area contributed by atoms with Gasteiger partial charge in [0.05, 0.1) is 6.10 Å². The zero-order valence-electron chi connectivity index (χ0n) is 15.0. The number of aliphatic carboxylic acids is 1. The summed E-state index contributed by atoms with van der Waals surface area (Å²) in [5, 5.41) is 8.61. The van der Waals surface area contributed by atoms with Crippen LogP contribution in [0.25, 0.3) is 0 Å². The van der Waals surface area contributed by atoms with E-state index in [2.05, 4.69) is 4.98 Å². The van der Waals surface area contributed by atoms with Gasteiger partial charge < -0.3 is 19.5 Å². The lowest BCUT2D eigenvalue weighted by Gasteiger charge is -2.19. The zero-order chi connectivity index (χ0) is 19.1. The lowest BCUT2D eigenvalue weighted by Crippen LogP contribution is -2.28. The van der Waals surface area contributed by atoms with E-state index < -0.39 is 12.6 Å². The quantitative estimate of drug-likeness (QED) is 0.780. The highest BCUT2D eigenvalue weighted by atomic mass is 16.5. The normalized spacial score (nSPS) is 10.5. The Morgan fingerprint density at radius 2 is 1.88 bits per heavy atom. The zero-order valence-corrected chi connectivity index (χ0v) is 15.0. The molecule has 0 saturated heterocycles. The van der Waals surface area contributed by atoms with Crippen LogP contribution in [0.15, 0.2) is 42.6 Å². The van der Waals surface area contributed by atoms with E-state index in [4.69, 9.17) is 14.6 Å². The monoisotopic (exact) mass is 358 g/mol. The number of benzene rings is 1. The number of hydrogen-bond acceptors (Lipinski definition) is 5. The van der Waals surface area contributed by atoms with Crippen LogP contribution in [0.4, 0.5) is 0 Å². The predicted molar refractivity (Wildman–Crippen MR) is 95.4 cm³/mol. The molecule has 1 aromatic carbocycles. The number of nitrogens with zero attached hydrogens (tertiary/aromatic N) is 2. The molecule has 0 radical (unpaired) electrons. The number of rotatable bonds is 8. The maximum atomic E-state index is 12.7. The lowest BCUT2D eigenvalue weighted by atomic mass is 10.2. The first-order valence-electron chi connectivity index (χ1n) is 8.17. The topological polar surface area (TPSA) is 89.0 Å². The molecule has 0 aliphatic heterocycles. The van der Waals surface area contributed by atoms with Crippen LogP contribution < -0.4 is 9.47 Å². The van der Waals surface area contributed by atoms with E-state index in [1.165, 1.54) is 0 Å². The van der Waals surface area contributed by atoms with Crippen molar-refractivity contribution in [3.8, 4) is 11.5 Å². The van der Waals surface area contributed by atoms with Gasteiger partial charge in [-0.2, -0.15) is 0 Å². The van der Waals surface area contributed by atoms with Gasteiger partial charge in [-0.05, 0) is 43.7 Å². The molecule has 1 N–H and O–H groups in total. The maximum absolute atomic E-state index is 12.7. The van der Waals surface area contributed by atoms with Crippen molar-refractivity contribution in [3.63, 3.8) is 0 Å². The Kier molecular flexibility index (Phi) is 6.54. The third-order valence-corrected chi connectivity index (χ3v) is 3.39. The molecule has 0 atom stereocenters. The number of carboxylic acids is 1. The van der Waals surface area contributed by atoms with E-state index in [9.17, 15) is 9.59 Å². The summed E-state index contributed by atoms with van der Waals surface area (Å²) < 4.78 is 10.7. The van der Waals surface area contributed by atoms with E-state index in [0.29, 0.717) is 18.0 Å². The summed E-state index contributed by atoms with van der Waals surface area (Å²) in [4.78, 5) is 28.9. The number of hydrogen-bond donors (Lipinski definition) is 1. The van der Waals surface area contributed by atoms with Gasteiger partial charge in [-0.25, -0.2) is 9.78 Å². The molecular formula is C19H22N2O5. The molecule has 0 bridgehead atoms. The summed E-state index contributed by atoms with van der Waals surface area (Å²) in [7, 11) is 1.69. The average molecular weight is 358 g/mol. The third kappa shape index (κ3) is 5.47. The summed E-state index contributed by atoms with van der Waals surface area (Å²) in [6, 6.07) is 10.4. The smallest absolute Gasteiger partial charge is 0.341 e. The number of ether oxygens (including phenoxy) is 2. The van der Waals surface area contributed by atoms with Crippen molar-refractivity contribution in [2.45, 2.75) is 26.5 Å². The number of aromatic nitrogens is 1. The predicted octanol–water partition coefficient (Wildman–Crippen LogP) is 2.60. The molecule has 26 heavy (non-hydrogen) atoms. The molecule has 7 nitrogen and oxygen atoms in total. The van der Waals surface area contributed by atoms with Crippen LogP contribution in [0.1, 0.15) is 29.9 Å². The first kappa shape index (κ1) is 19.2. The van der Waals surface area contributed by atoms with Gasteiger partial charge in [-0.3, -0.25) is 4.79 Å². The summed E-state index contributed by atoms with van der Waals surface area (Å²) >= 11 is 0. The van der Waals surface area contributed by atoms with Crippen molar-refractivity contribution in [1.29, 1.82) is 0 Å². The minimum atomic E-state index is -1.03.